The standard InChI is InChI=1S/C14H27P.C13H25P.2CH4/c1-14(2,3)12-8-10-15(4)9-6-5-7-13(15)11-12;1-13(2,3)11-7-9-14-8-5-4-6-12(14)10-11;;/h12-13H,4-11H2,1-3H3;11-12H,4-10H2,1-3H3;2*1H4. The first-order chi connectivity index (χ1) is 13.5. The molecule has 0 nitrogen and oxygen atoms in total. The van der Waals surface area contributed by atoms with Gasteiger partial charge in [-0.2, -0.15) is 0 Å². The minimum absolute atomic E-state index is 0. The maximum Gasteiger partial charge on any atom is -0.0206 e. The predicted molar refractivity (Wildman–Crippen MR) is 154 cm³/mol. The Labute approximate surface area is 200 Å². The average Bonchev–Trinajstić information content (AvgIpc) is 2.66. The lowest BCUT2D eigenvalue weighted by Gasteiger charge is -2.47. The van der Waals surface area contributed by atoms with Crippen molar-refractivity contribution in [3.05, 3.63) is 0 Å². The lowest BCUT2D eigenvalue weighted by atomic mass is 9.76. The van der Waals surface area contributed by atoms with Crippen LogP contribution in [0.4, 0.5) is 0 Å². The lowest BCUT2D eigenvalue weighted by Crippen LogP contribution is -2.33. The average molecular weight is 471 g/mol. The van der Waals surface area contributed by atoms with Crippen LogP contribution in [0.15, 0.2) is 0 Å². The molecular formula is C29H60P2. The van der Waals surface area contributed by atoms with Crippen molar-refractivity contribution in [1.82, 2.24) is 0 Å². The molecule has 0 aliphatic carbocycles. The van der Waals surface area contributed by atoms with Crippen LogP contribution in [0.25, 0.3) is 0 Å². The summed E-state index contributed by atoms with van der Waals surface area (Å²) in [4.78, 5) is 0. The van der Waals surface area contributed by atoms with Gasteiger partial charge in [0.25, 0.3) is 0 Å². The zero-order valence-electron chi connectivity index (χ0n) is 20.8. The summed E-state index contributed by atoms with van der Waals surface area (Å²) in [5.74, 6) is 1.99. The third kappa shape index (κ3) is 7.88. The van der Waals surface area contributed by atoms with Gasteiger partial charge < -0.3 is 0 Å². The van der Waals surface area contributed by atoms with Crippen LogP contribution in [0.5, 0.6) is 0 Å². The van der Waals surface area contributed by atoms with Gasteiger partial charge in [-0.15, -0.1) is 21.1 Å². The molecule has 4 fully saturated rings. The number of rotatable bonds is 0. The van der Waals surface area contributed by atoms with Crippen molar-refractivity contribution in [1.29, 1.82) is 0 Å². The summed E-state index contributed by atoms with van der Waals surface area (Å²) >= 11 is 0. The lowest BCUT2D eigenvalue weighted by molar-refractivity contribution is 0.208. The van der Waals surface area contributed by atoms with E-state index in [1.807, 2.05) is 0 Å². The molecular weight excluding hydrogens is 410 g/mol. The van der Waals surface area contributed by atoms with Crippen LogP contribution < -0.4 is 0 Å². The van der Waals surface area contributed by atoms with E-state index >= 15 is 0 Å². The van der Waals surface area contributed by atoms with Crippen LogP contribution in [-0.2, 0) is 0 Å². The second-order valence-corrected chi connectivity index (χ2v) is 20.0. The van der Waals surface area contributed by atoms with Gasteiger partial charge in [-0.3, -0.25) is 0 Å². The smallest absolute Gasteiger partial charge is 0.0206 e. The van der Waals surface area contributed by atoms with Crippen molar-refractivity contribution >= 4 is 21.1 Å². The van der Waals surface area contributed by atoms with Gasteiger partial charge in [0, 0.05) is 0 Å². The molecule has 0 saturated carbocycles. The molecule has 4 aliphatic heterocycles. The maximum absolute atomic E-state index is 4.68. The van der Waals surface area contributed by atoms with Crippen molar-refractivity contribution in [2.45, 2.75) is 132 Å². The Balaban J connectivity index is 0.000000292. The summed E-state index contributed by atoms with van der Waals surface area (Å²) in [7, 11) is 0.480. The summed E-state index contributed by atoms with van der Waals surface area (Å²) in [5, 5.41) is 0. The fourth-order valence-electron chi connectivity index (χ4n) is 6.72. The summed E-state index contributed by atoms with van der Waals surface area (Å²) in [6.45, 7) is 13.9. The van der Waals surface area contributed by atoms with Crippen LogP contribution in [0.2, 0.25) is 0 Å². The number of hydrogen-bond acceptors (Lipinski definition) is 0. The van der Waals surface area contributed by atoms with Crippen LogP contribution in [0.1, 0.15) is 121 Å². The Morgan fingerprint density at radius 1 is 0.677 bits per heavy atom. The Hall–Kier alpha value is 0.730. The van der Waals surface area contributed by atoms with Gasteiger partial charge in [-0.25, -0.2) is 0 Å². The first-order valence-electron chi connectivity index (χ1n) is 12.9. The van der Waals surface area contributed by atoms with E-state index in [0.717, 1.165) is 23.2 Å². The molecule has 0 bridgehead atoms. The van der Waals surface area contributed by atoms with Gasteiger partial charge in [0.2, 0.25) is 0 Å². The third-order valence-electron chi connectivity index (χ3n) is 9.16. The molecule has 2 heteroatoms. The van der Waals surface area contributed by atoms with Gasteiger partial charge >= 0.3 is 0 Å². The fraction of sp³-hybridized carbons (Fsp3) is 0.966. The zero-order chi connectivity index (χ0) is 21.3. The van der Waals surface area contributed by atoms with Crippen LogP contribution >= 0.6 is 14.8 Å². The molecule has 0 radical (unpaired) electrons. The van der Waals surface area contributed by atoms with E-state index in [2.05, 4.69) is 47.8 Å². The van der Waals surface area contributed by atoms with Crippen molar-refractivity contribution in [2.75, 3.05) is 24.6 Å². The molecule has 4 rings (SSSR count). The Morgan fingerprint density at radius 3 is 1.94 bits per heavy atom. The third-order valence-corrected chi connectivity index (χ3v) is 16.8. The molecule has 186 valence electrons. The highest BCUT2D eigenvalue weighted by Gasteiger charge is 2.39. The largest absolute Gasteiger partial charge is 0.109 e. The number of fused-ring (bicyclic) bond motifs is 2. The van der Waals surface area contributed by atoms with E-state index in [-0.39, 0.29) is 14.9 Å². The SMILES string of the molecule is C.C.C=P12CCCCC1CC(C(C)(C)C)CC2.CC(C)(C)C1CCP2CCCCC2C1. The molecule has 0 aromatic heterocycles. The van der Waals surface area contributed by atoms with E-state index in [1.165, 1.54) is 57.3 Å². The van der Waals surface area contributed by atoms with Crippen molar-refractivity contribution in [3.8, 4) is 0 Å². The highest BCUT2D eigenvalue weighted by Crippen LogP contribution is 2.62. The minimum Gasteiger partial charge on any atom is -0.109 e. The van der Waals surface area contributed by atoms with E-state index in [4.69, 9.17) is 0 Å². The summed E-state index contributed by atoms with van der Waals surface area (Å²) in [5.41, 5.74) is 3.31. The van der Waals surface area contributed by atoms with Gasteiger partial charge in [0.1, 0.15) is 0 Å². The van der Waals surface area contributed by atoms with Crippen LogP contribution in [0, 0.1) is 22.7 Å². The highest BCUT2D eigenvalue weighted by molar-refractivity contribution is 7.74. The topological polar surface area (TPSA) is 0 Å². The molecule has 4 aliphatic rings. The molecule has 31 heavy (non-hydrogen) atoms. The van der Waals surface area contributed by atoms with Crippen LogP contribution in [0.3, 0.4) is 0 Å². The van der Waals surface area contributed by atoms with E-state index < -0.39 is 6.89 Å². The molecule has 0 aromatic rings. The van der Waals surface area contributed by atoms with E-state index in [1.54, 1.807) is 31.6 Å². The first kappa shape index (κ1) is 29.8. The Morgan fingerprint density at radius 2 is 1.29 bits per heavy atom. The van der Waals surface area contributed by atoms with Gasteiger partial charge in [0.05, 0.1) is 0 Å². The molecule has 4 saturated heterocycles. The maximum atomic E-state index is 4.68. The molecule has 6 atom stereocenters. The van der Waals surface area contributed by atoms with Crippen molar-refractivity contribution in [3.63, 3.8) is 0 Å². The fourth-order valence-corrected chi connectivity index (χ4v) is 14.1. The normalized spacial score (nSPS) is 38.2. The molecule has 0 aromatic carbocycles. The van der Waals surface area contributed by atoms with Crippen molar-refractivity contribution in [2.24, 2.45) is 22.7 Å². The molecule has 4 heterocycles. The Bertz CT molecular complexity index is 564. The summed E-state index contributed by atoms with van der Waals surface area (Å²) < 4.78 is 0. The zero-order valence-corrected chi connectivity index (χ0v) is 22.6. The predicted octanol–water partition coefficient (Wildman–Crippen LogP) is 10.2. The molecule has 6 unspecified atom stereocenters. The van der Waals surface area contributed by atoms with E-state index in [9.17, 15) is 0 Å². The Kier molecular flexibility index (Phi) is 11.4. The van der Waals surface area contributed by atoms with Crippen LogP contribution in [-0.4, -0.2) is 42.3 Å². The summed E-state index contributed by atoms with van der Waals surface area (Å²) in [6, 6.07) is 0. The second kappa shape index (κ2) is 11.9. The molecule has 0 amide bonds. The number of hydrogen-bond donors (Lipinski definition) is 0. The monoisotopic (exact) mass is 470 g/mol. The van der Waals surface area contributed by atoms with E-state index in [0.29, 0.717) is 18.8 Å². The molecule has 0 spiro atoms. The quantitative estimate of drug-likeness (QED) is 0.309. The highest BCUT2D eigenvalue weighted by atomic mass is 31.2. The van der Waals surface area contributed by atoms with Gasteiger partial charge in [-0.05, 0) is 110 Å². The van der Waals surface area contributed by atoms with Gasteiger partial charge in [0.15, 0.2) is 0 Å². The van der Waals surface area contributed by atoms with Crippen molar-refractivity contribution < 1.29 is 0 Å². The second-order valence-electron chi connectivity index (χ2n) is 13.2. The minimum atomic E-state index is -0.725. The summed E-state index contributed by atoms with van der Waals surface area (Å²) in [6.07, 6.45) is 26.1. The van der Waals surface area contributed by atoms with Gasteiger partial charge in [-0.1, -0.05) is 69.2 Å². The molecule has 0 N–H and O–H groups in total. The first-order valence-corrected chi connectivity index (χ1v) is 17.1.